The van der Waals surface area contributed by atoms with Crippen molar-refractivity contribution in [1.82, 2.24) is 5.32 Å². The van der Waals surface area contributed by atoms with Gasteiger partial charge in [-0.05, 0) is 67.6 Å². The van der Waals surface area contributed by atoms with Crippen LogP contribution in [0.2, 0.25) is 0 Å². The van der Waals surface area contributed by atoms with Crippen LogP contribution in [0.4, 0.5) is 0 Å². The van der Waals surface area contributed by atoms with Gasteiger partial charge in [-0.1, -0.05) is 28.1 Å². The number of halogens is 1. The molecule has 1 N–H and O–H groups in total. The van der Waals surface area contributed by atoms with Crippen LogP contribution in [0.5, 0.6) is 11.5 Å². The summed E-state index contributed by atoms with van der Waals surface area (Å²) in [5.74, 6) is 1.75. The van der Waals surface area contributed by atoms with Crippen molar-refractivity contribution in [3.05, 3.63) is 57.6 Å². The average Bonchev–Trinajstić information content (AvgIpc) is 3.20. The number of hydrogen-bond donors (Lipinski definition) is 1. The van der Waals surface area contributed by atoms with E-state index in [0.717, 1.165) is 28.6 Å². The number of benzene rings is 2. The standard InChI is InChI=1S/C18H20BrNO/c1-12-7-13(2)9-17(8-12)21-16-6-3-14(18(19)10-16)11-20-15-4-5-15/h3,6-10,15,20H,4-5,11H2,1-2H3. The van der Waals surface area contributed by atoms with Crippen LogP contribution in [0.25, 0.3) is 0 Å². The Morgan fingerprint density at radius 3 is 2.38 bits per heavy atom. The van der Waals surface area contributed by atoms with Gasteiger partial charge in [-0.2, -0.15) is 0 Å². The molecular formula is C18H20BrNO. The largest absolute Gasteiger partial charge is 0.457 e. The second-order valence-corrected chi connectivity index (χ2v) is 6.69. The molecule has 3 heteroatoms. The summed E-state index contributed by atoms with van der Waals surface area (Å²) in [5, 5.41) is 3.53. The van der Waals surface area contributed by atoms with E-state index in [-0.39, 0.29) is 0 Å². The molecular weight excluding hydrogens is 326 g/mol. The number of nitrogens with one attached hydrogen (secondary N) is 1. The molecule has 0 heterocycles. The summed E-state index contributed by atoms with van der Waals surface area (Å²) in [6.45, 7) is 5.08. The van der Waals surface area contributed by atoms with Gasteiger partial charge in [-0.3, -0.25) is 0 Å². The first kappa shape index (κ1) is 14.6. The van der Waals surface area contributed by atoms with Crippen LogP contribution in [0.3, 0.4) is 0 Å². The van der Waals surface area contributed by atoms with Gasteiger partial charge < -0.3 is 10.1 Å². The molecule has 1 fully saturated rings. The first-order valence-electron chi connectivity index (χ1n) is 7.38. The molecule has 0 amide bonds. The lowest BCUT2D eigenvalue weighted by Gasteiger charge is -2.11. The van der Waals surface area contributed by atoms with Gasteiger partial charge in [-0.25, -0.2) is 0 Å². The zero-order chi connectivity index (χ0) is 14.8. The summed E-state index contributed by atoms with van der Waals surface area (Å²) in [5.41, 5.74) is 3.71. The zero-order valence-electron chi connectivity index (χ0n) is 12.4. The van der Waals surface area contributed by atoms with E-state index in [9.17, 15) is 0 Å². The van der Waals surface area contributed by atoms with Crippen molar-refractivity contribution in [3.63, 3.8) is 0 Å². The zero-order valence-corrected chi connectivity index (χ0v) is 14.0. The summed E-state index contributed by atoms with van der Waals surface area (Å²) in [7, 11) is 0. The summed E-state index contributed by atoms with van der Waals surface area (Å²) < 4.78 is 7.06. The van der Waals surface area contributed by atoms with Crippen molar-refractivity contribution in [1.29, 1.82) is 0 Å². The Labute approximate surface area is 134 Å². The molecule has 0 saturated heterocycles. The van der Waals surface area contributed by atoms with Crippen LogP contribution < -0.4 is 10.1 Å². The molecule has 0 spiro atoms. The van der Waals surface area contributed by atoms with E-state index < -0.39 is 0 Å². The SMILES string of the molecule is Cc1cc(C)cc(Oc2ccc(CNC3CC3)c(Br)c2)c1. The fourth-order valence-corrected chi connectivity index (χ4v) is 2.90. The topological polar surface area (TPSA) is 21.3 Å². The molecule has 2 nitrogen and oxygen atoms in total. The Bertz CT molecular complexity index is 629. The van der Waals surface area contributed by atoms with E-state index in [1.54, 1.807) is 0 Å². The maximum atomic E-state index is 5.96. The fourth-order valence-electron chi connectivity index (χ4n) is 2.40. The Morgan fingerprint density at radius 1 is 1.05 bits per heavy atom. The fraction of sp³-hybridized carbons (Fsp3) is 0.333. The monoisotopic (exact) mass is 345 g/mol. The van der Waals surface area contributed by atoms with E-state index in [2.05, 4.69) is 59.4 Å². The predicted molar refractivity (Wildman–Crippen MR) is 90.0 cm³/mol. The highest BCUT2D eigenvalue weighted by molar-refractivity contribution is 9.10. The molecule has 0 radical (unpaired) electrons. The van der Waals surface area contributed by atoms with E-state index in [0.29, 0.717) is 0 Å². The van der Waals surface area contributed by atoms with Gasteiger partial charge in [0.15, 0.2) is 0 Å². The normalized spacial score (nSPS) is 14.2. The van der Waals surface area contributed by atoms with Gasteiger partial charge in [0.25, 0.3) is 0 Å². The minimum absolute atomic E-state index is 0.725. The van der Waals surface area contributed by atoms with Crippen LogP contribution in [-0.4, -0.2) is 6.04 Å². The molecule has 1 saturated carbocycles. The lowest BCUT2D eigenvalue weighted by atomic mass is 10.1. The van der Waals surface area contributed by atoms with Gasteiger partial charge in [0.05, 0.1) is 0 Å². The van der Waals surface area contributed by atoms with E-state index in [4.69, 9.17) is 4.74 Å². The molecule has 0 bridgehead atoms. The van der Waals surface area contributed by atoms with Gasteiger partial charge >= 0.3 is 0 Å². The highest BCUT2D eigenvalue weighted by atomic mass is 79.9. The van der Waals surface area contributed by atoms with Crippen molar-refractivity contribution in [3.8, 4) is 11.5 Å². The number of hydrogen-bond acceptors (Lipinski definition) is 2. The van der Waals surface area contributed by atoms with Crippen LogP contribution in [0, 0.1) is 13.8 Å². The predicted octanol–water partition coefficient (Wildman–Crippen LogP) is 5.11. The molecule has 1 aliphatic carbocycles. The molecule has 3 rings (SSSR count). The second-order valence-electron chi connectivity index (χ2n) is 5.83. The minimum Gasteiger partial charge on any atom is -0.457 e. The Balaban J connectivity index is 1.71. The molecule has 2 aromatic rings. The van der Waals surface area contributed by atoms with E-state index >= 15 is 0 Å². The maximum absolute atomic E-state index is 5.96. The first-order valence-corrected chi connectivity index (χ1v) is 8.17. The molecule has 0 aliphatic heterocycles. The van der Waals surface area contributed by atoms with Gasteiger partial charge in [0.2, 0.25) is 0 Å². The van der Waals surface area contributed by atoms with E-state index in [1.165, 1.54) is 29.5 Å². The maximum Gasteiger partial charge on any atom is 0.128 e. The number of aryl methyl sites for hydroxylation is 2. The minimum atomic E-state index is 0.725. The molecule has 21 heavy (non-hydrogen) atoms. The summed E-state index contributed by atoms with van der Waals surface area (Å²) >= 11 is 3.64. The van der Waals surface area contributed by atoms with Gasteiger partial charge in [0, 0.05) is 17.1 Å². The van der Waals surface area contributed by atoms with Crippen molar-refractivity contribution in [2.45, 2.75) is 39.3 Å². The number of ether oxygens (including phenoxy) is 1. The van der Waals surface area contributed by atoms with Crippen LogP contribution in [-0.2, 0) is 6.54 Å². The van der Waals surface area contributed by atoms with Crippen LogP contribution >= 0.6 is 15.9 Å². The van der Waals surface area contributed by atoms with E-state index in [1.807, 2.05) is 12.1 Å². The molecule has 0 unspecified atom stereocenters. The molecule has 110 valence electrons. The molecule has 0 aromatic heterocycles. The molecule has 1 aliphatic rings. The third kappa shape index (κ3) is 4.08. The Kier molecular flexibility index (Phi) is 4.32. The smallest absolute Gasteiger partial charge is 0.128 e. The van der Waals surface area contributed by atoms with Crippen molar-refractivity contribution < 1.29 is 4.74 Å². The first-order chi connectivity index (χ1) is 10.1. The highest BCUT2D eigenvalue weighted by Crippen LogP contribution is 2.29. The lowest BCUT2D eigenvalue weighted by Crippen LogP contribution is -2.15. The average molecular weight is 346 g/mol. The lowest BCUT2D eigenvalue weighted by molar-refractivity contribution is 0.481. The second kappa shape index (κ2) is 6.20. The van der Waals surface area contributed by atoms with Crippen LogP contribution in [0.1, 0.15) is 29.5 Å². The van der Waals surface area contributed by atoms with Crippen molar-refractivity contribution in [2.75, 3.05) is 0 Å². The summed E-state index contributed by atoms with van der Waals surface area (Å²) in [6.07, 6.45) is 2.62. The van der Waals surface area contributed by atoms with Gasteiger partial charge in [0.1, 0.15) is 11.5 Å². The highest BCUT2D eigenvalue weighted by Gasteiger charge is 2.20. The summed E-state index contributed by atoms with van der Waals surface area (Å²) in [6, 6.07) is 13.2. The molecule has 2 aromatic carbocycles. The third-order valence-corrected chi connectivity index (χ3v) is 4.35. The van der Waals surface area contributed by atoms with Gasteiger partial charge in [-0.15, -0.1) is 0 Å². The Morgan fingerprint density at radius 2 is 1.76 bits per heavy atom. The summed E-state index contributed by atoms with van der Waals surface area (Å²) in [4.78, 5) is 0. The van der Waals surface area contributed by atoms with Crippen LogP contribution in [0.15, 0.2) is 40.9 Å². The Hall–Kier alpha value is -1.32. The quantitative estimate of drug-likeness (QED) is 0.812. The number of rotatable bonds is 5. The van der Waals surface area contributed by atoms with Crippen molar-refractivity contribution in [2.24, 2.45) is 0 Å². The van der Waals surface area contributed by atoms with Crippen molar-refractivity contribution >= 4 is 15.9 Å². The molecule has 0 atom stereocenters. The third-order valence-electron chi connectivity index (χ3n) is 3.61.